The van der Waals surface area contributed by atoms with Crippen molar-refractivity contribution in [1.29, 1.82) is 0 Å². The molecular formula is C13H15N3O2S. The van der Waals surface area contributed by atoms with Gasteiger partial charge in [-0.25, -0.2) is 9.78 Å². The number of nitrogens with zero attached hydrogens (tertiary/aromatic N) is 1. The van der Waals surface area contributed by atoms with Gasteiger partial charge in [0.1, 0.15) is 0 Å². The predicted octanol–water partition coefficient (Wildman–Crippen LogP) is 1.87. The summed E-state index contributed by atoms with van der Waals surface area (Å²) in [7, 11) is 0. The molecule has 2 rings (SSSR count). The molecule has 100 valence electrons. The standard InChI is InChI=1S/C13H15N3O2S/c17-11(8-10-4-2-1-3-5-10)9-15-12(18)16-13-14-6-7-19-13/h1-7,11,17H,8-9H2,(H2,14,15,16,18). The van der Waals surface area contributed by atoms with Gasteiger partial charge in [-0.3, -0.25) is 5.32 Å². The molecule has 0 aliphatic heterocycles. The van der Waals surface area contributed by atoms with Crippen LogP contribution in [0.15, 0.2) is 41.9 Å². The molecule has 0 bridgehead atoms. The summed E-state index contributed by atoms with van der Waals surface area (Å²) in [6.07, 6.45) is 1.52. The van der Waals surface area contributed by atoms with Crippen LogP contribution in [0.25, 0.3) is 0 Å². The second-order valence-electron chi connectivity index (χ2n) is 4.02. The minimum absolute atomic E-state index is 0.200. The first kappa shape index (κ1) is 13.5. The number of hydrogen-bond donors (Lipinski definition) is 3. The molecule has 2 aromatic rings. The van der Waals surface area contributed by atoms with E-state index in [1.165, 1.54) is 11.3 Å². The van der Waals surface area contributed by atoms with Crippen molar-refractivity contribution in [2.75, 3.05) is 11.9 Å². The average molecular weight is 277 g/mol. The van der Waals surface area contributed by atoms with Crippen molar-refractivity contribution in [2.24, 2.45) is 0 Å². The molecule has 6 heteroatoms. The summed E-state index contributed by atoms with van der Waals surface area (Å²) < 4.78 is 0. The number of nitrogens with one attached hydrogen (secondary N) is 2. The normalized spacial score (nSPS) is 11.8. The Morgan fingerprint density at radius 3 is 2.84 bits per heavy atom. The fourth-order valence-corrected chi connectivity index (χ4v) is 2.12. The van der Waals surface area contributed by atoms with Crippen LogP contribution in [-0.4, -0.2) is 28.8 Å². The van der Waals surface area contributed by atoms with Crippen molar-refractivity contribution in [3.05, 3.63) is 47.5 Å². The van der Waals surface area contributed by atoms with Gasteiger partial charge < -0.3 is 10.4 Å². The van der Waals surface area contributed by atoms with Crippen molar-refractivity contribution < 1.29 is 9.90 Å². The summed E-state index contributed by atoms with van der Waals surface area (Å²) in [5.74, 6) is 0. The van der Waals surface area contributed by atoms with Crippen LogP contribution >= 0.6 is 11.3 Å². The van der Waals surface area contributed by atoms with E-state index >= 15 is 0 Å². The molecule has 2 amide bonds. The van der Waals surface area contributed by atoms with Crippen LogP contribution in [0.2, 0.25) is 0 Å². The highest BCUT2D eigenvalue weighted by atomic mass is 32.1. The van der Waals surface area contributed by atoms with Gasteiger partial charge >= 0.3 is 6.03 Å². The molecule has 1 atom stereocenters. The highest BCUT2D eigenvalue weighted by molar-refractivity contribution is 7.13. The molecule has 1 unspecified atom stereocenters. The van der Waals surface area contributed by atoms with E-state index in [2.05, 4.69) is 15.6 Å². The Labute approximate surface area is 115 Å². The van der Waals surface area contributed by atoms with E-state index in [1.807, 2.05) is 30.3 Å². The number of aromatic nitrogens is 1. The van der Waals surface area contributed by atoms with Crippen molar-refractivity contribution >= 4 is 22.5 Å². The number of anilines is 1. The lowest BCUT2D eigenvalue weighted by Crippen LogP contribution is -2.36. The van der Waals surface area contributed by atoms with E-state index in [-0.39, 0.29) is 12.6 Å². The van der Waals surface area contributed by atoms with Crippen LogP contribution in [0, 0.1) is 0 Å². The summed E-state index contributed by atoms with van der Waals surface area (Å²) in [5, 5.41) is 17.3. The molecule has 0 aliphatic rings. The van der Waals surface area contributed by atoms with Gasteiger partial charge in [-0.05, 0) is 5.56 Å². The van der Waals surface area contributed by atoms with E-state index in [9.17, 15) is 9.90 Å². The van der Waals surface area contributed by atoms with Gasteiger partial charge in [0.2, 0.25) is 0 Å². The van der Waals surface area contributed by atoms with Crippen molar-refractivity contribution in [3.63, 3.8) is 0 Å². The van der Waals surface area contributed by atoms with Gasteiger partial charge in [0.25, 0.3) is 0 Å². The zero-order valence-corrected chi connectivity index (χ0v) is 11.1. The number of carbonyl (C=O) groups excluding carboxylic acids is 1. The fraction of sp³-hybridized carbons (Fsp3) is 0.231. The molecule has 0 aliphatic carbocycles. The maximum atomic E-state index is 11.5. The van der Waals surface area contributed by atoms with Crippen LogP contribution in [-0.2, 0) is 6.42 Å². The molecule has 1 aromatic carbocycles. The van der Waals surface area contributed by atoms with Gasteiger partial charge in [0, 0.05) is 24.5 Å². The lowest BCUT2D eigenvalue weighted by atomic mass is 10.1. The Bertz CT molecular complexity index is 502. The van der Waals surface area contributed by atoms with Gasteiger partial charge in [0.15, 0.2) is 5.13 Å². The zero-order valence-electron chi connectivity index (χ0n) is 10.2. The number of rotatable bonds is 5. The summed E-state index contributed by atoms with van der Waals surface area (Å²) in [6.45, 7) is 0.200. The second kappa shape index (κ2) is 6.86. The van der Waals surface area contributed by atoms with Crippen LogP contribution in [0.3, 0.4) is 0 Å². The monoisotopic (exact) mass is 277 g/mol. The molecule has 1 aromatic heterocycles. The van der Waals surface area contributed by atoms with Gasteiger partial charge in [-0.2, -0.15) is 0 Å². The number of aliphatic hydroxyl groups is 1. The van der Waals surface area contributed by atoms with Crippen molar-refractivity contribution in [2.45, 2.75) is 12.5 Å². The first-order chi connectivity index (χ1) is 9.24. The zero-order chi connectivity index (χ0) is 13.5. The topological polar surface area (TPSA) is 74.2 Å². The quantitative estimate of drug-likeness (QED) is 0.781. The Morgan fingerprint density at radius 2 is 2.16 bits per heavy atom. The van der Waals surface area contributed by atoms with E-state index in [1.54, 1.807) is 11.6 Å². The lowest BCUT2D eigenvalue weighted by molar-refractivity contribution is 0.172. The summed E-state index contributed by atoms with van der Waals surface area (Å²) in [5.41, 5.74) is 1.04. The van der Waals surface area contributed by atoms with Crippen molar-refractivity contribution in [1.82, 2.24) is 10.3 Å². The number of benzene rings is 1. The smallest absolute Gasteiger partial charge is 0.321 e. The Kier molecular flexibility index (Phi) is 4.88. The summed E-state index contributed by atoms with van der Waals surface area (Å²) >= 11 is 1.34. The molecule has 0 radical (unpaired) electrons. The molecular weight excluding hydrogens is 262 g/mol. The van der Waals surface area contributed by atoms with Gasteiger partial charge in [0.05, 0.1) is 6.10 Å². The van der Waals surface area contributed by atoms with Crippen LogP contribution in [0.1, 0.15) is 5.56 Å². The number of hydrogen-bond acceptors (Lipinski definition) is 4. The molecule has 0 fully saturated rings. The number of amides is 2. The number of urea groups is 1. The SMILES string of the molecule is O=C(NCC(O)Cc1ccccc1)Nc1nccs1. The van der Waals surface area contributed by atoms with Gasteiger partial charge in [-0.15, -0.1) is 11.3 Å². The summed E-state index contributed by atoms with van der Waals surface area (Å²) in [4.78, 5) is 15.4. The molecule has 1 heterocycles. The van der Waals surface area contributed by atoms with Crippen LogP contribution in [0.4, 0.5) is 9.93 Å². The summed E-state index contributed by atoms with van der Waals surface area (Å²) in [6, 6.07) is 9.30. The Balaban J connectivity index is 1.71. The van der Waals surface area contributed by atoms with Crippen LogP contribution < -0.4 is 10.6 Å². The third-order valence-corrected chi connectivity index (χ3v) is 3.15. The number of carbonyl (C=O) groups is 1. The van der Waals surface area contributed by atoms with E-state index in [0.29, 0.717) is 11.6 Å². The minimum Gasteiger partial charge on any atom is -0.391 e. The molecule has 0 saturated heterocycles. The predicted molar refractivity (Wildman–Crippen MR) is 75.3 cm³/mol. The van der Waals surface area contributed by atoms with Gasteiger partial charge in [-0.1, -0.05) is 30.3 Å². The third kappa shape index (κ3) is 4.69. The maximum Gasteiger partial charge on any atom is 0.321 e. The third-order valence-electron chi connectivity index (χ3n) is 2.47. The molecule has 19 heavy (non-hydrogen) atoms. The average Bonchev–Trinajstić information content (AvgIpc) is 2.90. The van der Waals surface area contributed by atoms with E-state index in [4.69, 9.17) is 0 Å². The largest absolute Gasteiger partial charge is 0.391 e. The molecule has 0 saturated carbocycles. The maximum absolute atomic E-state index is 11.5. The Morgan fingerprint density at radius 1 is 1.37 bits per heavy atom. The second-order valence-corrected chi connectivity index (χ2v) is 4.91. The van der Waals surface area contributed by atoms with E-state index < -0.39 is 6.10 Å². The highest BCUT2D eigenvalue weighted by Gasteiger charge is 2.08. The molecule has 3 N–H and O–H groups in total. The highest BCUT2D eigenvalue weighted by Crippen LogP contribution is 2.09. The number of aliphatic hydroxyl groups excluding tert-OH is 1. The fourth-order valence-electron chi connectivity index (χ4n) is 1.60. The first-order valence-corrected chi connectivity index (χ1v) is 6.78. The van der Waals surface area contributed by atoms with Crippen LogP contribution in [0.5, 0.6) is 0 Å². The lowest BCUT2D eigenvalue weighted by Gasteiger charge is -2.11. The van der Waals surface area contributed by atoms with E-state index in [0.717, 1.165) is 5.56 Å². The Hall–Kier alpha value is -1.92. The number of thiazole rings is 1. The first-order valence-electron chi connectivity index (χ1n) is 5.90. The molecule has 5 nitrogen and oxygen atoms in total. The molecule has 0 spiro atoms. The van der Waals surface area contributed by atoms with Crippen molar-refractivity contribution in [3.8, 4) is 0 Å². The minimum atomic E-state index is -0.607.